The minimum Gasteiger partial charge on any atom is -0.461 e. The maximum absolute atomic E-state index is 12.2. The summed E-state index contributed by atoms with van der Waals surface area (Å²) in [5, 5.41) is 2.72. The third-order valence-corrected chi connectivity index (χ3v) is 3.45. The summed E-state index contributed by atoms with van der Waals surface area (Å²) in [5.41, 5.74) is 1.37. The second-order valence-electron chi connectivity index (χ2n) is 7.32. The zero-order valence-corrected chi connectivity index (χ0v) is 17.0. The molecule has 0 aliphatic carbocycles. The van der Waals surface area contributed by atoms with E-state index in [0.29, 0.717) is 0 Å². The number of benzene rings is 1. The first kappa shape index (κ1) is 22.5. The highest BCUT2D eigenvalue weighted by molar-refractivity contribution is 5.73. The quantitative estimate of drug-likeness (QED) is 0.518. The van der Waals surface area contributed by atoms with Crippen LogP contribution >= 0.6 is 0 Å². The summed E-state index contributed by atoms with van der Waals surface area (Å²) < 4.78 is 10.6. The summed E-state index contributed by atoms with van der Waals surface area (Å²) in [6.45, 7) is 9.60. The molecule has 0 bridgehead atoms. The number of carbonyl (C=O) groups is 2. The molecule has 1 aromatic rings. The predicted octanol–water partition coefficient (Wildman–Crippen LogP) is 4.93. The summed E-state index contributed by atoms with van der Waals surface area (Å²) in [6, 6.07) is 8.96. The van der Waals surface area contributed by atoms with Crippen molar-refractivity contribution in [3.05, 3.63) is 59.7 Å². The molecule has 1 rings (SSSR count). The van der Waals surface area contributed by atoms with Crippen LogP contribution in [-0.2, 0) is 20.9 Å². The van der Waals surface area contributed by atoms with E-state index in [2.05, 4.69) is 18.3 Å². The first-order valence-electron chi connectivity index (χ1n) is 9.23. The Hall–Kier alpha value is -2.56. The number of allylic oxidation sites excluding steroid dienone is 3. The van der Waals surface area contributed by atoms with Gasteiger partial charge in [0.1, 0.15) is 12.2 Å². The molecule has 148 valence electrons. The van der Waals surface area contributed by atoms with Crippen LogP contribution in [0.5, 0.6) is 0 Å². The average Bonchev–Trinajstić information content (AvgIpc) is 2.57. The molecule has 0 saturated carbocycles. The molecule has 1 atom stereocenters. The molecule has 27 heavy (non-hydrogen) atoms. The van der Waals surface area contributed by atoms with Gasteiger partial charge in [-0.3, -0.25) is 4.79 Å². The normalized spacial score (nSPS) is 13.3. The van der Waals surface area contributed by atoms with Crippen LogP contribution in [0.1, 0.15) is 53.0 Å². The van der Waals surface area contributed by atoms with Gasteiger partial charge in [0, 0.05) is 0 Å². The number of hydrogen-bond acceptors (Lipinski definition) is 4. The van der Waals surface area contributed by atoms with Gasteiger partial charge in [-0.25, -0.2) is 4.79 Å². The highest BCUT2D eigenvalue weighted by Gasteiger charge is 2.20. The van der Waals surface area contributed by atoms with Crippen LogP contribution < -0.4 is 5.32 Å². The third-order valence-electron chi connectivity index (χ3n) is 3.45. The van der Waals surface area contributed by atoms with Gasteiger partial charge in [-0.05, 0) is 39.7 Å². The summed E-state index contributed by atoms with van der Waals surface area (Å²) in [6.07, 6.45) is 6.12. The van der Waals surface area contributed by atoms with E-state index in [-0.39, 0.29) is 19.0 Å². The molecule has 0 saturated heterocycles. The number of nitrogens with one attached hydrogen (secondary N) is 1. The molecule has 1 aromatic carbocycles. The predicted molar refractivity (Wildman–Crippen MR) is 107 cm³/mol. The van der Waals surface area contributed by atoms with Crippen LogP contribution in [0.4, 0.5) is 4.79 Å². The van der Waals surface area contributed by atoms with Gasteiger partial charge in [-0.2, -0.15) is 0 Å². The Bertz CT molecular complexity index is 657. The fourth-order valence-corrected chi connectivity index (χ4v) is 2.26. The van der Waals surface area contributed by atoms with Crippen molar-refractivity contribution in [2.24, 2.45) is 0 Å². The molecule has 5 nitrogen and oxygen atoms in total. The topological polar surface area (TPSA) is 64.6 Å². The summed E-state index contributed by atoms with van der Waals surface area (Å²) in [4.78, 5) is 24.3. The Labute approximate surface area is 162 Å². The Morgan fingerprint density at radius 2 is 1.85 bits per heavy atom. The molecular formula is C22H31NO4. The van der Waals surface area contributed by atoms with Gasteiger partial charge in [0.15, 0.2) is 0 Å². The van der Waals surface area contributed by atoms with Gasteiger partial charge in [0.05, 0.1) is 12.5 Å². The van der Waals surface area contributed by atoms with Crippen molar-refractivity contribution in [1.82, 2.24) is 5.32 Å². The van der Waals surface area contributed by atoms with Gasteiger partial charge in [0.2, 0.25) is 0 Å². The molecule has 0 fully saturated rings. The highest BCUT2D eigenvalue weighted by atomic mass is 16.6. The van der Waals surface area contributed by atoms with Gasteiger partial charge in [0.25, 0.3) is 0 Å². The Morgan fingerprint density at radius 3 is 2.44 bits per heavy atom. The van der Waals surface area contributed by atoms with E-state index in [4.69, 9.17) is 9.47 Å². The number of rotatable bonds is 8. The molecular weight excluding hydrogens is 342 g/mol. The first-order chi connectivity index (χ1) is 12.7. The van der Waals surface area contributed by atoms with Gasteiger partial charge in [-0.15, -0.1) is 0 Å². The number of amides is 1. The average molecular weight is 373 g/mol. The lowest BCUT2D eigenvalue weighted by atomic mass is 10.1. The van der Waals surface area contributed by atoms with E-state index in [9.17, 15) is 9.59 Å². The third kappa shape index (κ3) is 10.9. The van der Waals surface area contributed by atoms with Crippen molar-refractivity contribution in [3.8, 4) is 0 Å². The summed E-state index contributed by atoms with van der Waals surface area (Å²) >= 11 is 0. The smallest absolute Gasteiger partial charge is 0.408 e. The SMILES string of the molecule is CC/C=C(C)/C=C/[C@@H](CC(=O)OCc1ccccc1)NC(=O)OC(C)(C)C. The molecule has 0 unspecified atom stereocenters. The second-order valence-corrected chi connectivity index (χ2v) is 7.32. The second kappa shape index (κ2) is 11.2. The van der Waals surface area contributed by atoms with Crippen LogP contribution in [0.2, 0.25) is 0 Å². The minimum atomic E-state index is -0.607. The molecule has 1 N–H and O–H groups in total. The van der Waals surface area contributed by atoms with E-state index in [1.54, 1.807) is 26.8 Å². The Kier molecular flexibility index (Phi) is 9.34. The number of ether oxygens (including phenoxy) is 2. The summed E-state index contributed by atoms with van der Waals surface area (Å²) in [5.74, 6) is -0.387. The molecule has 0 aliphatic rings. The maximum Gasteiger partial charge on any atom is 0.408 e. The van der Waals surface area contributed by atoms with Crippen LogP contribution in [0.15, 0.2) is 54.1 Å². The monoisotopic (exact) mass is 373 g/mol. The van der Waals surface area contributed by atoms with Gasteiger partial charge < -0.3 is 14.8 Å². The van der Waals surface area contributed by atoms with Crippen molar-refractivity contribution >= 4 is 12.1 Å². The van der Waals surface area contributed by atoms with E-state index in [1.165, 1.54) is 0 Å². The first-order valence-corrected chi connectivity index (χ1v) is 9.23. The number of esters is 1. The maximum atomic E-state index is 12.2. The van der Waals surface area contributed by atoms with Crippen LogP contribution in [-0.4, -0.2) is 23.7 Å². The van der Waals surface area contributed by atoms with Crippen molar-refractivity contribution in [1.29, 1.82) is 0 Å². The zero-order valence-electron chi connectivity index (χ0n) is 17.0. The number of carbonyl (C=O) groups excluding carboxylic acids is 2. The summed E-state index contributed by atoms with van der Waals surface area (Å²) in [7, 11) is 0. The molecule has 0 heterocycles. The van der Waals surface area contributed by atoms with Crippen molar-refractivity contribution < 1.29 is 19.1 Å². The molecule has 0 radical (unpaired) electrons. The molecule has 1 amide bonds. The van der Waals surface area contributed by atoms with E-state index in [0.717, 1.165) is 17.6 Å². The fourth-order valence-electron chi connectivity index (χ4n) is 2.26. The molecule has 0 spiro atoms. The van der Waals surface area contributed by atoms with Crippen LogP contribution in [0.3, 0.4) is 0 Å². The van der Waals surface area contributed by atoms with Crippen molar-refractivity contribution in [2.75, 3.05) is 0 Å². The largest absolute Gasteiger partial charge is 0.461 e. The minimum absolute atomic E-state index is 0.0297. The molecule has 0 aromatic heterocycles. The Balaban J connectivity index is 2.69. The lowest BCUT2D eigenvalue weighted by Gasteiger charge is -2.22. The van der Waals surface area contributed by atoms with Crippen molar-refractivity contribution in [2.45, 2.75) is 65.7 Å². The van der Waals surface area contributed by atoms with Crippen LogP contribution in [0, 0.1) is 0 Å². The van der Waals surface area contributed by atoms with Crippen molar-refractivity contribution in [3.63, 3.8) is 0 Å². The van der Waals surface area contributed by atoms with Gasteiger partial charge >= 0.3 is 12.1 Å². The van der Waals surface area contributed by atoms with Crippen LogP contribution in [0.25, 0.3) is 0 Å². The van der Waals surface area contributed by atoms with E-state index < -0.39 is 17.7 Å². The highest BCUT2D eigenvalue weighted by Crippen LogP contribution is 2.09. The number of alkyl carbamates (subject to hydrolysis) is 1. The Morgan fingerprint density at radius 1 is 1.19 bits per heavy atom. The molecule has 5 heteroatoms. The zero-order chi connectivity index (χ0) is 20.3. The van der Waals surface area contributed by atoms with E-state index >= 15 is 0 Å². The van der Waals surface area contributed by atoms with E-state index in [1.807, 2.05) is 43.3 Å². The molecule has 0 aliphatic heterocycles. The van der Waals surface area contributed by atoms with Gasteiger partial charge in [-0.1, -0.05) is 61.1 Å². The number of hydrogen-bond donors (Lipinski definition) is 1. The lowest BCUT2D eigenvalue weighted by molar-refractivity contribution is -0.145. The fraction of sp³-hybridized carbons (Fsp3) is 0.455. The lowest BCUT2D eigenvalue weighted by Crippen LogP contribution is -2.39. The standard InChI is InChI=1S/C22H31NO4/c1-6-10-17(2)13-14-19(23-21(25)27-22(3,4)5)15-20(24)26-16-18-11-8-7-9-12-18/h7-14,19H,6,15-16H2,1-5H3,(H,23,25)/b14-13+,17-10+/t19-/m0/s1.